The molecule has 5 heteroatoms. The number of esters is 1. The van der Waals surface area contributed by atoms with Crippen LogP contribution in [0.15, 0.2) is 33.5 Å². The molecule has 0 fully saturated rings. The molecule has 5 nitrogen and oxygen atoms in total. The van der Waals surface area contributed by atoms with Crippen LogP contribution >= 0.6 is 0 Å². The van der Waals surface area contributed by atoms with Gasteiger partial charge in [0.1, 0.15) is 16.9 Å². The number of carbonyl (C=O) groups excluding carboxylic acids is 1. The van der Waals surface area contributed by atoms with Crippen molar-refractivity contribution in [1.29, 1.82) is 0 Å². The van der Waals surface area contributed by atoms with Crippen molar-refractivity contribution in [3.8, 4) is 5.75 Å². The summed E-state index contributed by atoms with van der Waals surface area (Å²) in [7, 11) is 0. The highest BCUT2D eigenvalue weighted by Crippen LogP contribution is 2.21. The Morgan fingerprint density at radius 2 is 2.05 bits per heavy atom. The minimum atomic E-state index is -0.694. The van der Waals surface area contributed by atoms with E-state index in [0.717, 1.165) is 12.8 Å². The van der Waals surface area contributed by atoms with E-state index in [1.807, 2.05) is 0 Å². The number of rotatable bonds is 6. The van der Waals surface area contributed by atoms with Crippen LogP contribution in [0.4, 0.5) is 0 Å². The lowest BCUT2D eigenvalue weighted by Gasteiger charge is -2.07. The van der Waals surface area contributed by atoms with Gasteiger partial charge in [0.2, 0.25) is 0 Å². The molecular formula is C16H18O5. The molecule has 1 heterocycles. The summed E-state index contributed by atoms with van der Waals surface area (Å²) in [5.74, 6) is 0.00469. The smallest absolute Gasteiger partial charge is 0.351 e. The number of ether oxygens (including phenoxy) is 2. The van der Waals surface area contributed by atoms with Crippen molar-refractivity contribution in [1.82, 2.24) is 0 Å². The molecule has 0 radical (unpaired) electrons. The molecule has 0 aliphatic rings. The fraction of sp³-hybridized carbons (Fsp3) is 0.375. The lowest BCUT2D eigenvalue weighted by molar-refractivity contribution is 0.0522. The third-order valence-electron chi connectivity index (χ3n) is 2.97. The zero-order chi connectivity index (χ0) is 15.2. The van der Waals surface area contributed by atoms with Gasteiger partial charge in [0.05, 0.1) is 13.2 Å². The highest BCUT2D eigenvalue weighted by Gasteiger charge is 2.14. The van der Waals surface area contributed by atoms with Gasteiger partial charge in [-0.2, -0.15) is 0 Å². The van der Waals surface area contributed by atoms with Gasteiger partial charge in [0.25, 0.3) is 0 Å². The molecule has 0 bridgehead atoms. The lowest BCUT2D eigenvalue weighted by atomic mass is 10.2. The second kappa shape index (κ2) is 6.92. The maximum absolute atomic E-state index is 11.7. The van der Waals surface area contributed by atoms with Crippen LogP contribution in [0, 0.1) is 0 Å². The average Bonchev–Trinajstić information content (AvgIpc) is 2.47. The summed E-state index contributed by atoms with van der Waals surface area (Å²) in [4.78, 5) is 23.4. The normalized spacial score (nSPS) is 10.6. The van der Waals surface area contributed by atoms with E-state index in [-0.39, 0.29) is 12.2 Å². The molecule has 0 saturated heterocycles. The molecule has 0 spiro atoms. The van der Waals surface area contributed by atoms with Gasteiger partial charge in [0, 0.05) is 5.39 Å². The van der Waals surface area contributed by atoms with E-state index in [1.165, 1.54) is 6.07 Å². The summed E-state index contributed by atoms with van der Waals surface area (Å²) in [6, 6.07) is 6.63. The third-order valence-corrected chi connectivity index (χ3v) is 2.97. The van der Waals surface area contributed by atoms with Crippen molar-refractivity contribution >= 4 is 16.9 Å². The maximum atomic E-state index is 11.7. The van der Waals surface area contributed by atoms with Crippen molar-refractivity contribution in [3.05, 3.63) is 40.2 Å². The molecule has 21 heavy (non-hydrogen) atoms. The molecule has 0 amide bonds. The zero-order valence-electron chi connectivity index (χ0n) is 12.2. The molecule has 0 aliphatic carbocycles. The minimum Gasteiger partial charge on any atom is -0.494 e. The van der Waals surface area contributed by atoms with Crippen molar-refractivity contribution in [2.45, 2.75) is 26.7 Å². The molecule has 1 aromatic heterocycles. The van der Waals surface area contributed by atoms with Crippen LogP contribution in [-0.2, 0) is 4.74 Å². The first-order chi connectivity index (χ1) is 10.2. The zero-order valence-corrected chi connectivity index (χ0v) is 12.2. The monoisotopic (exact) mass is 290 g/mol. The topological polar surface area (TPSA) is 65.7 Å². The van der Waals surface area contributed by atoms with Crippen molar-refractivity contribution in [3.63, 3.8) is 0 Å². The Kier molecular flexibility index (Phi) is 4.98. The fourth-order valence-corrected chi connectivity index (χ4v) is 1.88. The standard InChI is InChI=1S/C16H18O5/c1-3-5-8-20-12-6-7-14-11(9-12)10-13(16(18)21-14)15(17)19-4-2/h6-7,9-10H,3-5,8H2,1-2H3. The molecule has 0 aliphatic heterocycles. The fourth-order valence-electron chi connectivity index (χ4n) is 1.88. The molecule has 0 atom stereocenters. The van der Waals surface area contributed by atoms with E-state index in [9.17, 15) is 9.59 Å². The Labute approximate surface area is 122 Å². The van der Waals surface area contributed by atoms with E-state index in [2.05, 4.69) is 6.92 Å². The van der Waals surface area contributed by atoms with Crippen molar-refractivity contribution < 1.29 is 18.7 Å². The number of hydrogen-bond acceptors (Lipinski definition) is 5. The van der Waals surface area contributed by atoms with Gasteiger partial charge in [-0.3, -0.25) is 0 Å². The lowest BCUT2D eigenvalue weighted by Crippen LogP contribution is -2.16. The molecule has 0 saturated carbocycles. The van der Waals surface area contributed by atoms with Crippen LogP contribution in [0.25, 0.3) is 11.0 Å². The highest BCUT2D eigenvalue weighted by molar-refractivity contribution is 5.93. The number of hydrogen-bond donors (Lipinski definition) is 0. The van der Waals surface area contributed by atoms with Crippen LogP contribution in [0.2, 0.25) is 0 Å². The number of benzene rings is 1. The van der Waals surface area contributed by atoms with Gasteiger partial charge < -0.3 is 13.9 Å². The van der Waals surface area contributed by atoms with Gasteiger partial charge in [-0.1, -0.05) is 13.3 Å². The second-order valence-corrected chi connectivity index (χ2v) is 4.57. The van der Waals surface area contributed by atoms with Gasteiger partial charge >= 0.3 is 11.6 Å². The van der Waals surface area contributed by atoms with E-state index >= 15 is 0 Å². The van der Waals surface area contributed by atoms with Crippen LogP contribution in [-0.4, -0.2) is 19.2 Å². The van der Waals surface area contributed by atoms with Crippen LogP contribution < -0.4 is 10.4 Å². The van der Waals surface area contributed by atoms with Crippen LogP contribution in [0.5, 0.6) is 5.75 Å². The quantitative estimate of drug-likeness (QED) is 0.464. The summed E-state index contributed by atoms with van der Waals surface area (Å²) in [5.41, 5.74) is -0.383. The largest absolute Gasteiger partial charge is 0.494 e. The Morgan fingerprint density at radius 1 is 1.24 bits per heavy atom. The van der Waals surface area contributed by atoms with Gasteiger partial charge in [-0.25, -0.2) is 9.59 Å². The van der Waals surface area contributed by atoms with Gasteiger partial charge in [-0.05, 0) is 37.6 Å². The average molecular weight is 290 g/mol. The van der Waals surface area contributed by atoms with Crippen LogP contribution in [0.3, 0.4) is 0 Å². The van der Waals surface area contributed by atoms with E-state index in [1.54, 1.807) is 25.1 Å². The molecule has 0 unspecified atom stereocenters. The first kappa shape index (κ1) is 15.1. The summed E-state index contributed by atoms with van der Waals surface area (Å²) < 4.78 is 15.6. The summed E-state index contributed by atoms with van der Waals surface area (Å²) >= 11 is 0. The number of unbranched alkanes of at least 4 members (excludes halogenated alkanes) is 1. The first-order valence-corrected chi connectivity index (χ1v) is 7.03. The Morgan fingerprint density at radius 3 is 2.76 bits per heavy atom. The summed E-state index contributed by atoms with van der Waals surface area (Å²) in [6.45, 7) is 4.60. The molecule has 2 aromatic rings. The number of fused-ring (bicyclic) bond motifs is 1. The second-order valence-electron chi connectivity index (χ2n) is 4.57. The van der Waals surface area contributed by atoms with Crippen LogP contribution in [0.1, 0.15) is 37.0 Å². The highest BCUT2D eigenvalue weighted by atomic mass is 16.5. The predicted molar refractivity (Wildman–Crippen MR) is 78.8 cm³/mol. The van der Waals surface area contributed by atoms with Gasteiger partial charge in [0.15, 0.2) is 0 Å². The first-order valence-electron chi connectivity index (χ1n) is 7.03. The Bertz CT molecular complexity index is 687. The molecule has 0 N–H and O–H groups in total. The van der Waals surface area contributed by atoms with Crippen molar-refractivity contribution in [2.24, 2.45) is 0 Å². The Balaban J connectivity index is 2.34. The molecule has 1 aromatic carbocycles. The maximum Gasteiger partial charge on any atom is 0.351 e. The van der Waals surface area contributed by atoms with E-state index in [4.69, 9.17) is 13.9 Å². The molecular weight excluding hydrogens is 272 g/mol. The number of carbonyl (C=O) groups is 1. The van der Waals surface area contributed by atoms with E-state index in [0.29, 0.717) is 23.3 Å². The Hall–Kier alpha value is -2.30. The minimum absolute atomic E-state index is 0.102. The van der Waals surface area contributed by atoms with Crippen molar-refractivity contribution in [2.75, 3.05) is 13.2 Å². The SMILES string of the molecule is CCCCOc1ccc2oc(=O)c(C(=O)OCC)cc2c1. The third kappa shape index (κ3) is 3.62. The summed E-state index contributed by atoms with van der Waals surface area (Å²) in [5, 5.41) is 0.631. The molecule has 112 valence electrons. The predicted octanol–water partition coefficient (Wildman–Crippen LogP) is 3.15. The van der Waals surface area contributed by atoms with E-state index < -0.39 is 11.6 Å². The molecule has 2 rings (SSSR count). The summed E-state index contributed by atoms with van der Waals surface area (Å²) in [6.07, 6.45) is 2.02. The van der Waals surface area contributed by atoms with Gasteiger partial charge in [-0.15, -0.1) is 0 Å².